The second-order valence-corrected chi connectivity index (χ2v) is 5.87. The number of hydrogen-bond acceptors (Lipinski definition) is 8. The zero-order valence-corrected chi connectivity index (χ0v) is 17.4. The van der Waals surface area contributed by atoms with Crippen LogP contribution in [-0.4, -0.2) is 98.5 Å². The molecule has 0 heterocycles. The minimum absolute atomic E-state index is 0.111. The lowest BCUT2D eigenvalue weighted by molar-refractivity contribution is -0.0196. The smallest absolute Gasteiger partial charge is 0.338 e. The summed E-state index contributed by atoms with van der Waals surface area (Å²) in [5, 5.41) is 0. The van der Waals surface area contributed by atoms with Gasteiger partial charge in [-0.05, 0) is 12.1 Å². The van der Waals surface area contributed by atoms with E-state index in [2.05, 4.69) is 0 Å². The van der Waals surface area contributed by atoms with Crippen molar-refractivity contribution < 1.29 is 42.3 Å². The number of hydrogen-bond donors (Lipinski definition) is 0. The van der Waals surface area contributed by atoms with E-state index in [1.165, 1.54) is 0 Å². The first-order valence-electron chi connectivity index (χ1n) is 10.1. The summed E-state index contributed by atoms with van der Waals surface area (Å²) in [5.74, 6) is -0.358. The molecule has 1 aromatic carbocycles. The molecule has 0 amide bonds. The lowest BCUT2D eigenvalue weighted by Gasteiger charge is -2.08. The van der Waals surface area contributed by atoms with Crippen molar-refractivity contribution in [3.8, 4) is 0 Å². The van der Waals surface area contributed by atoms with E-state index < -0.39 is 6.67 Å². The second-order valence-electron chi connectivity index (χ2n) is 5.87. The molecule has 9 heteroatoms. The van der Waals surface area contributed by atoms with Gasteiger partial charge in [-0.25, -0.2) is 9.18 Å². The summed E-state index contributed by atoms with van der Waals surface area (Å²) in [5.41, 5.74) is 0.524. The van der Waals surface area contributed by atoms with Crippen molar-refractivity contribution in [1.82, 2.24) is 0 Å². The van der Waals surface area contributed by atoms with Crippen LogP contribution in [0.1, 0.15) is 10.4 Å². The molecule has 172 valence electrons. The van der Waals surface area contributed by atoms with Crippen LogP contribution in [0, 0.1) is 0 Å². The molecule has 30 heavy (non-hydrogen) atoms. The Morgan fingerprint density at radius 1 is 0.567 bits per heavy atom. The second kappa shape index (κ2) is 20.6. The van der Waals surface area contributed by atoms with Crippen molar-refractivity contribution >= 4 is 5.97 Å². The highest BCUT2D eigenvalue weighted by Gasteiger charge is 2.04. The number of halogens is 1. The fourth-order valence-electron chi connectivity index (χ4n) is 2.11. The van der Waals surface area contributed by atoms with Crippen LogP contribution < -0.4 is 0 Å². The van der Waals surface area contributed by atoms with E-state index in [4.69, 9.17) is 33.2 Å². The number of esters is 1. The van der Waals surface area contributed by atoms with Gasteiger partial charge in [-0.2, -0.15) is 0 Å². The van der Waals surface area contributed by atoms with E-state index in [0.717, 1.165) is 0 Å². The normalized spacial score (nSPS) is 11.0. The Bertz CT molecular complexity index is 503. The number of alkyl halides is 1. The van der Waals surface area contributed by atoms with Crippen molar-refractivity contribution in [3.63, 3.8) is 0 Å². The monoisotopic (exact) mass is 432 g/mol. The van der Waals surface area contributed by atoms with Crippen molar-refractivity contribution in [2.75, 3.05) is 92.6 Å². The van der Waals surface area contributed by atoms with E-state index in [-0.39, 0.29) is 19.2 Å². The quantitative estimate of drug-likeness (QED) is 0.215. The summed E-state index contributed by atoms with van der Waals surface area (Å²) in [6, 6.07) is 8.82. The Hall–Kier alpha value is -1.62. The maximum absolute atomic E-state index is 11.8. The van der Waals surface area contributed by atoms with Gasteiger partial charge in [0.1, 0.15) is 13.3 Å². The van der Waals surface area contributed by atoms with Crippen molar-refractivity contribution in [3.05, 3.63) is 35.9 Å². The van der Waals surface area contributed by atoms with E-state index in [9.17, 15) is 9.18 Å². The van der Waals surface area contributed by atoms with Gasteiger partial charge in [0.05, 0.1) is 84.8 Å². The lowest BCUT2D eigenvalue weighted by atomic mass is 10.2. The Morgan fingerprint density at radius 3 is 1.33 bits per heavy atom. The minimum atomic E-state index is -0.476. The first kappa shape index (κ1) is 26.4. The van der Waals surface area contributed by atoms with Crippen molar-refractivity contribution in [2.24, 2.45) is 0 Å². The highest BCUT2D eigenvalue weighted by molar-refractivity contribution is 5.89. The number of rotatable bonds is 21. The highest BCUT2D eigenvalue weighted by atomic mass is 19.1. The van der Waals surface area contributed by atoms with Crippen LogP contribution in [0.4, 0.5) is 4.39 Å². The molecule has 0 bridgehead atoms. The molecule has 8 nitrogen and oxygen atoms in total. The molecule has 0 N–H and O–H groups in total. The maximum Gasteiger partial charge on any atom is 0.338 e. The van der Waals surface area contributed by atoms with E-state index >= 15 is 0 Å². The standard InChI is InChI=1S/C21H33FO8/c22-6-7-24-8-9-25-10-11-26-12-13-27-14-15-28-16-17-29-18-19-30-21(23)20-4-2-1-3-5-20/h1-5H,6-19H2. The molecule has 0 saturated carbocycles. The number of benzene rings is 1. The zero-order valence-electron chi connectivity index (χ0n) is 17.4. The van der Waals surface area contributed by atoms with Crippen LogP contribution in [-0.2, 0) is 33.2 Å². The van der Waals surface area contributed by atoms with Gasteiger partial charge >= 0.3 is 5.97 Å². The predicted molar refractivity (Wildman–Crippen MR) is 108 cm³/mol. The predicted octanol–water partition coefficient (Wildman–Crippen LogP) is 1.91. The van der Waals surface area contributed by atoms with Gasteiger partial charge in [0, 0.05) is 0 Å². The Morgan fingerprint density at radius 2 is 0.933 bits per heavy atom. The Kier molecular flexibility index (Phi) is 18.2. The van der Waals surface area contributed by atoms with Crippen LogP contribution in [0.3, 0.4) is 0 Å². The molecule has 0 unspecified atom stereocenters. The third-order valence-corrected chi connectivity index (χ3v) is 3.55. The summed E-state index contributed by atoms with van der Waals surface area (Å²) in [4.78, 5) is 11.7. The fourth-order valence-corrected chi connectivity index (χ4v) is 2.11. The molecule has 0 atom stereocenters. The van der Waals surface area contributed by atoms with Gasteiger partial charge in [0.15, 0.2) is 0 Å². The first-order chi connectivity index (χ1) is 14.8. The summed E-state index contributed by atoms with van der Waals surface area (Å²) < 4.78 is 48.5. The first-order valence-corrected chi connectivity index (χ1v) is 10.1. The van der Waals surface area contributed by atoms with Gasteiger partial charge < -0.3 is 33.2 Å². The molecule has 0 aliphatic heterocycles. The summed E-state index contributed by atoms with van der Waals surface area (Å²) in [6.45, 7) is 4.68. The van der Waals surface area contributed by atoms with Gasteiger partial charge in [-0.3, -0.25) is 0 Å². The summed E-state index contributed by atoms with van der Waals surface area (Å²) in [6.07, 6.45) is 0. The van der Waals surface area contributed by atoms with E-state index in [1.807, 2.05) is 6.07 Å². The van der Waals surface area contributed by atoms with Crippen molar-refractivity contribution in [2.45, 2.75) is 0 Å². The SMILES string of the molecule is O=C(OCCOCCOCCOCCOCCOCCOCCF)c1ccccc1. The Balaban J connectivity index is 1.71. The molecule has 0 fully saturated rings. The Labute approximate surface area is 177 Å². The molecule has 1 rings (SSSR count). The number of ether oxygens (including phenoxy) is 7. The number of carbonyl (C=O) groups is 1. The molecule has 0 radical (unpaired) electrons. The largest absolute Gasteiger partial charge is 0.460 e. The van der Waals surface area contributed by atoms with Crippen LogP contribution >= 0.6 is 0 Å². The maximum atomic E-state index is 11.8. The molecular formula is C21H33FO8. The van der Waals surface area contributed by atoms with Gasteiger partial charge in [-0.1, -0.05) is 18.2 Å². The molecule has 0 spiro atoms. The highest BCUT2D eigenvalue weighted by Crippen LogP contribution is 2.00. The average molecular weight is 432 g/mol. The van der Waals surface area contributed by atoms with Crippen molar-refractivity contribution in [1.29, 1.82) is 0 Å². The lowest BCUT2D eigenvalue weighted by Crippen LogP contribution is -2.15. The van der Waals surface area contributed by atoms with Gasteiger partial charge in [0.2, 0.25) is 0 Å². The van der Waals surface area contributed by atoms with Crippen LogP contribution in [0.5, 0.6) is 0 Å². The van der Waals surface area contributed by atoms with Crippen LogP contribution in [0.15, 0.2) is 30.3 Å². The van der Waals surface area contributed by atoms with Crippen LogP contribution in [0.25, 0.3) is 0 Å². The third kappa shape index (κ3) is 16.2. The van der Waals surface area contributed by atoms with E-state index in [1.54, 1.807) is 24.3 Å². The number of carbonyl (C=O) groups excluding carboxylic acids is 1. The third-order valence-electron chi connectivity index (χ3n) is 3.55. The molecular weight excluding hydrogens is 399 g/mol. The topological polar surface area (TPSA) is 81.7 Å². The summed E-state index contributed by atoms with van der Waals surface area (Å²) in [7, 11) is 0. The molecule has 1 aromatic rings. The van der Waals surface area contributed by atoms with Gasteiger partial charge in [0.25, 0.3) is 0 Å². The summed E-state index contributed by atoms with van der Waals surface area (Å²) >= 11 is 0. The molecule has 0 aliphatic carbocycles. The van der Waals surface area contributed by atoms with E-state index in [0.29, 0.717) is 78.2 Å². The minimum Gasteiger partial charge on any atom is -0.460 e. The average Bonchev–Trinajstić information content (AvgIpc) is 2.78. The molecule has 0 aromatic heterocycles. The molecule has 0 aliphatic rings. The zero-order chi connectivity index (χ0) is 21.5. The van der Waals surface area contributed by atoms with Crippen LogP contribution in [0.2, 0.25) is 0 Å². The fraction of sp³-hybridized carbons (Fsp3) is 0.667. The molecule has 0 saturated heterocycles. The van der Waals surface area contributed by atoms with Gasteiger partial charge in [-0.15, -0.1) is 0 Å².